The number of allylic oxidation sites excluding steroid dienone is 1. The van der Waals surface area contributed by atoms with Crippen LogP contribution in [0.5, 0.6) is 11.5 Å². The maximum Gasteiger partial charge on any atom is 0.280 e. The van der Waals surface area contributed by atoms with Crippen molar-refractivity contribution in [1.82, 2.24) is 0 Å². The van der Waals surface area contributed by atoms with Crippen molar-refractivity contribution in [2.24, 2.45) is 0 Å². The summed E-state index contributed by atoms with van der Waals surface area (Å²) in [5.74, 6) is 0.685. The molecule has 8 heteroatoms. The van der Waals surface area contributed by atoms with Crippen molar-refractivity contribution in [1.29, 1.82) is 5.26 Å². The summed E-state index contributed by atoms with van der Waals surface area (Å²) in [6, 6.07) is 9.45. The third-order valence-corrected chi connectivity index (χ3v) is 4.11. The van der Waals surface area contributed by atoms with Crippen LogP contribution in [0.4, 0.5) is 5.69 Å². The lowest BCUT2D eigenvalue weighted by molar-refractivity contribution is -0.385. The van der Waals surface area contributed by atoms with Gasteiger partial charge in [-0.3, -0.25) is 10.1 Å². The van der Waals surface area contributed by atoms with Crippen molar-refractivity contribution in [2.75, 3.05) is 6.79 Å². The summed E-state index contributed by atoms with van der Waals surface area (Å²) in [7, 11) is 0. The SMILES string of the molecule is N#C/C(=C\c1cc2c(cc1[N+](=O)[O-])OCO2)c1ccc(Cl)c(Cl)c1. The summed E-state index contributed by atoms with van der Waals surface area (Å²) in [5, 5.41) is 21.3. The van der Waals surface area contributed by atoms with Crippen LogP contribution >= 0.6 is 23.2 Å². The largest absolute Gasteiger partial charge is 0.454 e. The highest BCUT2D eigenvalue weighted by atomic mass is 35.5. The van der Waals surface area contributed by atoms with Crippen LogP contribution in [-0.2, 0) is 0 Å². The maximum absolute atomic E-state index is 11.3. The average molecular weight is 363 g/mol. The predicted octanol–water partition coefficient (Wildman–Crippen LogP) is 4.69. The third kappa shape index (κ3) is 3.00. The zero-order valence-corrected chi connectivity index (χ0v) is 13.5. The molecule has 1 aliphatic heterocycles. The average Bonchev–Trinajstić information content (AvgIpc) is 3.01. The van der Waals surface area contributed by atoms with Crippen LogP contribution in [0, 0.1) is 21.4 Å². The zero-order valence-electron chi connectivity index (χ0n) is 12.0. The van der Waals surface area contributed by atoms with Gasteiger partial charge in [0.05, 0.1) is 38.2 Å². The Morgan fingerprint density at radius 1 is 1.21 bits per heavy atom. The first-order valence-electron chi connectivity index (χ1n) is 6.65. The van der Waals surface area contributed by atoms with E-state index in [2.05, 4.69) is 0 Å². The Morgan fingerprint density at radius 3 is 2.54 bits per heavy atom. The quantitative estimate of drug-likeness (QED) is 0.342. The number of benzene rings is 2. The molecule has 3 rings (SSSR count). The Labute approximate surface area is 146 Å². The minimum absolute atomic E-state index is 0.00243. The molecule has 0 amide bonds. The molecule has 0 saturated carbocycles. The Hall–Kier alpha value is -2.75. The van der Waals surface area contributed by atoms with Gasteiger partial charge in [0.2, 0.25) is 6.79 Å². The number of nitriles is 1. The maximum atomic E-state index is 11.3. The highest BCUT2D eigenvalue weighted by molar-refractivity contribution is 6.42. The topological polar surface area (TPSA) is 85.4 Å². The van der Waals surface area contributed by atoms with Crippen LogP contribution in [0.25, 0.3) is 11.6 Å². The van der Waals surface area contributed by atoms with Gasteiger partial charge in [-0.25, -0.2) is 0 Å². The molecule has 0 aliphatic carbocycles. The first-order chi connectivity index (χ1) is 11.5. The fraction of sp³-hybridized carbons (Fsp3) is 0.0625. The molecule has 0 unspecified atom stereocenters. The second kappa shape index (κ2) is 6.40. The van der Waals surface area contributed by atoms with E-state index in [1.807, 2.05) is 6.07 Å². The number of hydrogen-bond donors (Lipinski definition) is 0. The molecule has 1 heterocycles. The second-order valence-electron chi connectivity index (χ2n) is 4.82. The van der Waals surface area contributed by atoms with Gasteiger partial charge in [-0.1, -0.05) is 29.3 Å². The van der Waals surface area contributed by atoms with Crippen molar-refractivity contribution in [2.45, 2.75) is 0 Å². The molecule has 0 radical (unpaired) electrons. The minimum atomic E-state index is -0.544. The highest BCUT2D eigenvalue weighted by Crippen LogP contribution is 2.39. The van der Waals surface area contributed by atoms with Crippen molar-refractivity contribution < 1.29 is 14.4 Å². The molecule has 0 fully saturated rings. The van der Waals surface area contributed by atoms with E-state index < -0.39 is 4.92 Å². The van der Waals surface area contributed by atoms with Crippen LogP contribution < -0.4 is 9.47 Å². The summed E-state index contributed by atoms with van der Waals surface area (Å²) < 4.78 is 10.4. The highest BCUT2D eigenvalue weighted by Gasteiger charge is 2.22. The molecule has 2 aromatic carbocycles. The fourth-order valence-corrected chi connectivity index (χ4v) is 2.52. The Kier molecular flexibility index (Phi) is 4.30. The van der Waals surface area contributed by atoms with E-state index in [0.29, 0.717) is 22.1 Å². The molecule has 0 bridgehead atoms. The summed E-state index contributed by atoms with van der Waals surface area (Å²) in [6.07, 6.45) is 1.40. The lowest BCUT2D eigenvalue weighted by atomic mass is 10.0. The fourth-order valence-electron chi connectivity index (χ4n) is 2.22. The van der Waals surface area contributed by atoms with Crippen LogP contribution in [0.1, 0.15) is 11.1 Å². The lowest BCUT2D eigenvalue weighted by Crippen LogP contribution is -1.93. The predicted molar refractivity (Wildman–Crippen MR) is 89.2 cm³/mol. The standard InChI is InChI=1S/C16H8Cl2N2O4/c17-12-2-1-9(4-13(12)18)11(7-19)3-10-5-15-16(24-8-23-15)6-14(10)20(21)22/h1-6H,8H2/b11-3+. The Balaban J connectivity index is 2.13. The van der Waals surface area contributed by atoms with Crippen molar-refractivity contribution in [3.63, 3.8) is 0 Å². The Morgan fingerprint density at radius 2 is 1.92 bits per heavy atom. The van der Waals surface area contributed by atoms with E-state index in [4.69, 9.17) is 32.7 Å². The molecule has 0 spiro atoms. The van der Waals surface area contributed by atoms with Gasteiger partial charge in [-0.05, 0) is 29.8 Å². The normalized spacial score (nSPS) is 12.8. The van der Waals surface area contributed by atoms with E-state index in [9.17, 15) is 15.4 Å². The van der Waals surface area contributed by atoms with Gasteiger partial charge in [-0.2, -0.15) is 5.26 Å². The van der Waals surface area contributed by atoms with Gasteiger partial charge in [0.15, 0.2) is 11.5 Å². The van der Waals surface area contributed by atoms with Crippen LogP contribution in [0.15, 0.2) is 30.3 Å². The number of halogens is 2. The van der Waals surface area contributed by atoms with E-state index in [1.165, 1.54) is 24.3 Å². The first-order valence-corrected chi connectivity index (χ1v) is 7.40. The number of nitro groups is 1. The van der Waals surface area contributed by atoms with Gasteiger partial charge in [-0.15, -0.1) is 0 Å². The zero-order chi connectivity index (χ0) is 17.3. The molecule has 24 heavy (non-hydrogen) atoms. The smallest absolute Gasteiger partial charge is 0.280 e. The third-order valence-electron chi connectivity index (χ3n) is 3.37. The van der Waals surface area contributed by atoms with Gasteiger partial charge in [0.25, 0.3) is 5.69 Å². The molecule has 6 nitrogen and oxygen atoms in total. The molecular weight excluding hydrogens is 355 g/mol. The molecule has 0 aromatic heterocycles. The second-order valence-corrected chi connectivity index (χ2v) is 5.63. The number of nitro benzene ring substituents is 1. The molecule has 120 valence electrons. The van der Waals surface area contributed by atoms with Crippen LogP contribution in [-0.4, -0.2) is 11.7 Å². The number of rotatable bonds is 3. The van der Waals surface area contributed by atoms with E-state index >= 15 is 0 Å². The lowest BCUT2D eigenvalue weighted by Gasteiger charge is -2.04. The van der Waals surface area contributed by atoms with Gasteiger partial charge < -0.3 is 9.47 Å². The molecule has 0 saturated heterocycles. The van der Waals surface area contributed by atoms with E-state index in [-0.39, 0.29) is 28.6 Å². The Bertz CT molecular complexity index is 919. The molecular formula is C16H8Cl2N2O4. The van der Waals surface area contributed by atoms with Crippen molar-refractivity contribution >= 4 is 40.5 Å². The van der Waals surface area contributed by atoms with Crippen LogP contribution in [0.2, 0.25) is 10.0 Å². The first kappa shape index (κ1) is 16.1. The summed E-state index contributed by atoms with van der Waals surface area (Å²) >= 11 is 11.8. The minimum Gasteiger partial charge on any atom is -0.454 e. The molecule has 0 atom stereocenters. The number of ether oxygens (including phenoxy) is 2. The van der Waals surface area contributed by atoms with Crippen LogP contribution in [0.3, 0.4) is 0 Å². The molecule has 0 N–H and O–H groups in total. The summed E-state index contributed by atoms with van der Waals surface area (Å²) in [6.45, 7) is -0.00243. The monoisotopic (exact) mass is 362 g/mol. The van der Waals surface area contributed by atoms with E-state index in [0.717, 1.165) is 0 Å². The van der Waals surface area contributed by atoms with Gasteiger partial charge >= 0.3 is 0 Å². The van der Waals surface area contributed by atoms with Gasteiger partial charge in [0.1, 0.15) is 0 Å². The van der Waals surface area contributed by atoms with E-state index in [1.54, 1.807) is 12.1 Å². The van der Waals surface area contributed by atoms with Crippen molar-refractivity contribution in [3.05, 3.63) is 61.6 Å². The molecule has 2 aromatic rings. The summed E-state index contributed by atoms with van der Waals surface area (Å²) in [4.78, 5) is 10.7. The molecule has 1 aliphatic rings. The number of hydrogen-bond acceptors (Lipinski definition) is 5. The summed E-state index contributed by atoms with van der Waals surface area (Å²) in [5.41, 5.74) is 0.744. The number of nitrogens with zero attached hydrogens (tertiary/aromatic N) is 2. The van der Waals surface area contributed by atoms with Gasteiger partial charge in [0, 0.05) is 0 Å². The van der Waals surface area contributed by atoms with Crippen molar-refractivity contribution in [3.8, 4) is 17.6 Å². The number of fused-ring (bicyclic) bond motifs is 1.